The number of phenolic OH excluding ortho intramolecular Hbond substituents is 1. The molecule has 0 unspecified atom stereocenters. The fourth-order valence-corrected chi connectivity index (χ4v) is 3.80. The third kappa shape index (κ3) is 2.89. The topological polar surface area (TPSA) is 82.3 Å². The van der Waals surface area contributed by atoms with Crippen LogP contribution in [0.1, 0.15) is 45.1 Å². The van der Waals surface area contributed by atoms with Crippen LogP contribution in [0.2, 0.25) is 0 Å². The lowest BCUT2D eigenvalue weighted by molar-refractivity contribution is -0.118. The average molecular weight is 338 g/mol. The van der Waals surface area contributed by atoms with Gasteiger partial charge in [0.25, 0.3) is 0 Å². The average Bonchev–Trinajstić information content (AvgIpc) is 2.52. The molecular formula is C20H22N2O3. The van der Waals surface area contributed by atoms with Crippen molar-refractivity contribution in [2.24, 2.45) is 5.41 Å². The Labute approximate surface area is 147 Å². The second-order valence-corrected chi connectivity index (χ2v) is 7.47. The number of carbonyl (C=O) groups excluding carboxylic acids is 1. The highest BCUT2D eigenvalue weighted by Crippen LogP contribution is 2.47. The van der Waals surface area contributed by atoms with Crippen LogP contribution in [-0.2, 0) is 4.79 Å². The smallest absolute Gasteiger partial charge is 0.162 e. The van der Waals surface area contributed by atoms with Crippen molar-refractivity contribution in [1.82, 2.24) is 5.32 Å². The van der Waals surface area contributed by atoms with Gasteiger partial charge in [-0.3, -0.25) is 4.79 Å². The van der Waals surface area contributed by atoms with Gasteiger partial charge in [0.1, 0.15) is 0 Å². The van der Waals surface area contributed by atoms with Crippen molar-refractivity contribution in [3.05, 3.63) is 46.3 Å². The minimum Gasteiger partial charge on any atom is -0.504 e. The van der Waals surface area contributed by atoms with Crippen molar-refractivity contribution < 1.29 is 14.6 Å². The molecule has 2 aliphatic rings. The molecule has 5 heteroatoms. The number of aromatic hydroxyl groups is 1. The maximum Gasteiger partial charge on any atom is 0.162 e. The van der Waals surface area contributed by atoms with E-state index in [-0.39, 0.29) is 16.9 Å². The minimum absolute atomic E-state index is 0.000728. The van der Waals surface area contributed by atoms with Gasteiger partial charge in [-0.2, -0.15) is 5.26 Å². The molecule has 0 saturated carbocycles. The van der Waals surface area contributed by atoms with E-state index in [9.17, 15) is 15.2 Å². The molecule has 1 aromatic rings. The number of ether oxygens (including phenoxy) is 1. The zero-order valence-electron chi connectivity index (χ0n) is 14.9. The van der Waals surface area contributed by atoms with Crippen LogP contribution in [0.3, 0.4) is 0 Å². The van der Waals surface area contributed by atoms with Gasteiger partial charge in [-0.25, -0.2) is 0 Å². The molecule has 1 atom stereocenters. The highest BCUT2D eigenvalue weighted by molar-refractivity contribution is 6.00. The number of hydrogen-bond acceptors (Lipinski definition) is 5. The molecule has 1 heterocycles. The fraction of sp³-hybridized carbons (Fsp3) is 0.400. The summed E-state index contributed by atoms with van der Waals surface area (Å²) in [5.74, 6) is -0.0395. The van der Waals surface area contributed by atoms with E-state index < -0.39 is 5.92 Å². The number of dihydropyridines is 1. The van der Waals surface area contributed by atoms with Crippen LogP contribution in [0.4, 0.5) is 0 Å². The van der Waals surface area contributed by atoms with Crippen molar-refractivity contribution in [1.29, 1.82) is 5.26 Å². The lowest BCUT2D eigenvalue weighted by Gasteiger charge is -2.38. The summed E-state index contributed by atoms with van der Waals surface area (Å²) < 4.78 is 5.10. The molecule has 1 aliphatic heterocycles. The molecule has 1 aromatic carbocycles. The van der Waals surface area contributed by atoms with E-state index in [4.69, 9.17) is 4.74 Å². The Morgan fingerprint density at radius 3 is 2.68 bits per heavy atom. The van der Waals surface area contributed by atoms with Crippen LogP contribution in [0.25, 0.3) is 0 Å². The molecule has 0 aromatic heterocycles. The summed E-state index contributed by atoms with van der Waals surface area (Å²) in [6, 6.07) is 7.29. The van der Waals surface area contributed by atoms with E-state index in [1.165, 1.54) is 7.11 Å². The van der Waals surface area contributed by atoms with Crippen molar-refractivity contribution >= 4 is 5.78 Å². The second kappa shape index (κ2) is 5.96. The highest BCUT2D eigenvalue weighted by atomic mass is 16.5. The van der Waals surface area contributed by atoms with E-state index in [1.54, 1.807) is 18.2 Å². The molecule has 0 bridgehead atoms. The summed E-state index contributed by atoms with van der Waals surface area (Å²) in [5, 5.41) is 23.1. The maximum absolute atomic E-state index is 12.9. The fourth-order valence-electron chi connectivity index (χ4n) is 3.80. The van der Waals surface area contributed by atoms with Crippen LogP contribution in [-0.4, -0.2) is 18.0 Å². The summed E-state index contributed by atoms with van der Waals surface area (Å²) >= 11 is 0. The number of hydrogen-bond donors (Lipinski definition) is 2. The Kier molecular flexibility index (Phi) is 4.08. The molecule has 0 fully saturated rings. The molecular weight excluding hydrogens is 316 g/mol. The van der Waals surface area contributed by atoms with Gasteiger partial charge in [0.2, 0.25) is 0 Å². The van der Waals surface area contributed by atoms with Gasteiger partial charge in [0.05, 0.1) is 24.7 Å². The number of nitriles is 1. The van der Waals surface area contributed by atoms with Gasteiger partial charge in [-0.15, -0.1) is 0 Å². The molecule has 130 valence electrons. The number of ketones is 1. The predicted molar refractivity (Wildman–Crippen MR) is 93.9 cm³/mol. The lowest BCUT2D eigenvalue weighted by atomic mass is 9.69. The molecule has 5 nitrogen and oxygen atoms in total. The van der Waals surface area contributed by atoms with Crippen LogP contribution in [0.5, 0.6) is 11.5 Å². The molecule has 2 N–H and O–H groups in total. The summed E-state index contributed by atoms with van der Waals surface area (Å²) in [4.78, 5) is 12.9. The quantitative estimate of drug-likeness (QED) is 0.862. The third-order valence-electron chi connectivity index (χ3n) is 4.90. The number of phenols is 1. The largest absolute Gasteiger partial charge is 0.504 e. The number of nitrogens with zero attached hydrogens (tertiary/aromatic N) is 1. The number of Topliss-reactive ketones (excluding diaryl/α,β-unsaturated/α-hetero) is 1. The lowest BCUT2D eigenvalue weighted by Crippen LogP contribution is -2.36. The van der Waals surface area contributed by atoms with Crippen molar-refractivity contribution in [2.45, 2.75) is 39.5 Å². The first-order valence-corrected chi connectivity index (χ1v) is 8.28. The number of benzene rings is 1. The van der Waals surface area contributed by atoms with Gasteiger partial charge in [0, 0.05) is 23.4 Å². The van der Waals surface area contributed by atoms with E-state index in [2.05, 4.69) is 25.2 Å². The Balaban J connectivity index is 2.18. The standard InChI is InChI=1S/C20H22N2O3/c1-11-13(10-21)18(12-5-6-17(25-4)15(23)7-12)19-14(22-11)8-20(2,3)9-16(19)24/h5-7,18,22-23H,8-9H2,1-4H3/t18-/m0/s1. The maximum atomic E-state index is 12.9. The normalized spacial score (nSPS) is 22.2. The summed E-state index contributed by atoms with van der Waals surface area (Å²) in [6.45, 7) is 6.00. The van der Waals surface area contributed by atoms with Gasteiger partial charge in [-0.05, 0) is 36.5 Å². The van der Waals surface area contributed by atoms with E-state index >= 15 is 0 Å². The molecule has 1 aliphatic carbocycles. The monoisotopic (exact) mass is 338 g/mol. The first-order valence-electron chi connectivity index (χ1n) is 8.28. The van der Waals surface area contributed by atoms with Gasteiger partial charge < -0.3 is 15.2 Å². The Hall–Kier alpha value is -2.74. The third-order valence-corrected chi connectivity index (χ3v) is 4.90. The van der Waals surface area contributed by atoms with Crippen LogP contribution in [0.15, 0.2) is 40.7 Å². The Morgan fingerprint density at radius 1 is 1.36 bits per heavy atom. The zero-order valence-corrected chi connectivity index (χ0v) is 14.9. The summed E-state index contributed by atoms with van der Waals surface area (Å²) in [7, 11) is 1.48. The summed E-state index contributed by atoms with van der Waals surface area (Å²) in [6.07, 6.45) is 1.20. The molecule has 0 saturated heterocycles. The SMILES string of the molecule is COc1ccc([C@H]2C(C#N)=C(C)NC3=C2C(=O)CC(C)(C)C3)cc1O. The Morgan fingerprint density at radius 2 is 2.08 bits per heavy atom. The van der Waals surface area contributed by atoms with Gasteiger partial charge in [0.15, 0.2) is 17.3 Å². The van der Waals surface area contributed by atoms with Crippen LogP contribution < -0.4 is 10.1 Å². The van der Waals surface area contributed by atoms with E-state index in [0.717, 1.165) is 23.4 Å². The number of methoxy groups -OCH3 is 1. The van der Waals surface area contributed by atoms with E-state index in [0.29, 0.717) is 23.3 Å². The number of rotatable bonds is 2. The minimum atomic E-state index is -0.457. The van der Waals surface area contributed by atoms with Crippen LogP contribution >= 0.6 is 0 Å². The zero-order chi connectivity index (χ0) is 18.4. The highest BCUT2D eigenvalue weighted by Gasteiger charge is 2.41. The van der Waals surface area contributed by atoms with Gasteiger partial charge in [-0.1, -0.05) is 19.9 Å². The molecule has 0 amide bonds. The molecule has 25 heavy (non-hydrogen) atoms. The number of carbonyl (C=O) groups is 1. The Bertz CT molecular complexity index is 856. The van der Waals surface area contributed by atoms with Crippen molar-refractivity contribution in [2.75, 3.05) is 7.11 Å². The van der Waals surface area contributed by atoms with E-state index in [1.807, 2.05) is 6.92 Å². The van der Waals surface area contributed by atoms with Crippen molar-refractivity contribution in [3.8, 4) is 17.6 Å². The molecule has 0 spiro atoms. The second-order valence-electron chi connectivity index (χ2n) is 7.47. The first-order chi connectivity index (χ1) is 11.8. The summed E-state index contributed by atoms with van der Waals surface area (Å²) in [5.41, 5.74) is 3.41. The number of nitrogens with one attached hydrogen (secondary N) is 1. The first kappa shape index (κ1) is 17.1. The van der Waals surface area contributed by atoms with Gasteiger partial charge >= 0.3 is 0 Å². The van der Waals surface area contributed by atoms with Crippen molar-refractivity contribution in [3.63, 3.8) is 0 Å². The molecule has 3 rings (SSSR count). The predicted octanol–water partition coefficient (Wildman–Crippen LogP) is 3.53. The molecule has 0 radical (unpaired) electrons. The number of allylic oxidation sites excluding steroid dienone is 4. The van der Waals surface area contributed by atoms with Crippen LogP contribution in [0, 0.1) is 16.7 Å².